The van der Waals surface area contributed by atoms with Crippen LogP contribution in [0.15, 0.2) is 17.1 Å². The molecule has 0 atom stereocenters. The first-order chi connectivity index (χ1) is 9.65. The fourth-order valence-electron chi connectivity index (χ4n) is 1.68. The van der Waals surface area contributed by atoms with Crippen LogP contribution in [0.4, 0.5) is 10.7 Å². The maximum atomic E-state index is 12.1. The molecule has 2 aromatic heterocycles. The summed E-state index contributed by atoms with van der Waals surface area (Å²) in [7, 11) is 1.93. The van der Waals surface area contributed by atoms with E-state index in [0.29, 0.717) is 6.54 Å². The van der Waals surface area contributed by atoms with Crippen LogP contribution < -0.4 is 15.8 Å². The molecule has 2 aromatic rings. The van der Waals surface area contributed by atoms with E-state index >= 15 is 0 Å². The summed E-state index contributed by atoms with van der Waals surface area (Å²) in [6, 6.07) is 1.59. The summed E-state index contributed by atoms with van der Waals surface area (Å²) >= 11 is 1.29. The Balaban J connectivity index is 2.21. The molecule has 7 nitrogen and oxygen atoms in total. The fourth-order valence-corrected chi connectivity index (χ4v) is 2.32. The quantitative estimate of drug-likeness (QED) is 0.857. The lowest BCUT2D eigenvalue weighted by molar-refractivity contribution is 0.626. The van der Waals surface area contributed by atoms with Crippen LogP contribution in [0.3, 0.4) is 0 Å². The molecule has 0 aliphatic rings. The summed E-state index contributed by atoms with van der Waals surface area (Å²) in [6.45, 7) is 5.97. The van der Waals surface area contributed by atoms with Gasteiger partial charge in [-0.25, -0.2) is 4.68 Å². The van der Waals surface area contributed by atoms with Crippen molar-refractivity contribution in [1.29, 1.82) is 0 Å². The molecule has 1 N–H and O–H groups in total. The number of hydrogen-bond acceptors (Lipinski definition) is 7. The molecule has 0 aliphatic heterocycles. The monoisotopic (exact) mass is 294 g/mol. The van der Waals surface area contributed by atoms with Gasteiger partial charge in [-0.15, -0.1) is 5.10 Å². The van der Waals surface area contributed by atoms with Crippen molar-refractivity contribution in [2.75, 3.05) is 30.4 Å². The maximum Gasteiger partial charge on any atom is 0.269 e. The molecule has 0 unspecified atom stereocenters. The Bertz CT molecular complexity index is 622. The largest absolute Gasteiger partial charge is 0.374 e. The minimum absolute atomic E-state index is 0.141. The number of rotatable bonds is 6. The van der Waals surface area contributed by atoms with Gasteiger partial charge in [-0.1, -0.05) is 4.49 Å². The number of nitrogens with one attached hydrogen (secondary N) is 1. The Labute approximate surface area is 121 Å². The van der Waals surface area contributed by atoms with Crippen molar-refractivity contribution in [3.63, 3.8) is 0 Å². The highest BCUT2D eigenvalue weighted by atomic mass is 32.1. The highest BCUT2D eigenvalue weighted by Gasteiger charge is 2.10. The molecule has 0 saturated carbocycles. The first kappa shape index (κ1) is 14.4. The molecule has 0 radical (unpaired) electrons. The molecule has 0 amide bonds. The van der Waals surface area contributed by atoms with Crippen molar-refractivity contribution in [1.82, 2.24) is 19.4 Å². The third-order valence-electron chi connectivity index (χ3n) is 2.96. The zero-order valence-electron chi connectivity index (χ0n) is 11.8. The van der Waals surface area contributed by atoms with Crippen LogP contribution in [0.1, 0.15) is 19.5 Å². The standard InChI is InChI=1S/C12H18N6OS/c1-4-13-12-10(15-16-20-12)8-18-11(19)6-9(7-14-18)17(3)5-2/h6-7,13H,4-5,8H2,1-3H3. The van der Waals surface area contributed by atoms with Crippen LogP contribution >= 0.6 is 11.5 Å². The van der Waals surface area contributed by atoms with Crippen molar-refractivity contribution in [2.45, 2.75) is 20.4 Å². The average molecular weight is 294 g/mol. The average Bonchev–Trinajstić information content (AvgIpc) is 2.88. The first-order valence-corrected chi connectivity index (χ1v) is 7.26. The fraction of sp³-hybridized carbons (Fsp3) is 0.500. The molecule has 0 aliphatic carbocycles. The van der Waals surface area contributed by atoms with Crippen LogP contribution in [-0.2, 0) is 6.54 Å². The van der Waals surface area contributed by atoms with E-state index in [2.05, 4.69) is 20.0 Å². The van der Waals surface area contributed by atoms with E-state index in [9.17, 15) is 4.79 Å². The van der Waals surface area contributed by atoms with Gasteiger partial charge >= 0.3 is 0 Å². The Morgan fingerprint density at radius 3 is 2.90 bits per heavy atom. The summed E-state index contributed by atoms with van der Waals surface area (Å²) in [5.74, 6) is 0. The molecule has 0 bridgehead atoms. The highest BCUT2D eigenvalue weighted by Crippen LogP contribution is 2.17. The second kappa shape index (κ2) is 6.47. The highest BCUT2D eigenvalue weighted by molar-refractivity contribution is 7.10. The summed E-state index contributed by atoms with van der Waals surface area (Å²) in [4.78, 5) is 14.0. The molecule has 0 saturated heterocycles. The summed E-state index contributed by atoms with van der Waals surface area (Å²) in [6.07, 6.45) is 1.69. The molecule has 2 heterocycles. The molecule has 0 aromatic carbocycles. The number of nitrogens with zero attached hydrogens (tertiary/aromatic N) is 5. The molecule has 2 rings (SSSR count). The molecule has 108 valence electrons. The first-order valence-electron chi connectivity index (χ1n) is 6.49. The van der Waals surface area contributed by atoms with Gasteiger partial charge in [-0.2, -0.15) is 5.10 Å². The van der Waals surface area contributed by atoms with Crippen LogP contribution in [0.5, 0.6) is 0 Å². The van der Waals surface area contributed by atoms with Crippen molar-refractivity contribution in [2.24, 2.45) is 0 Å². The van der Waals surface area contributed by atoms with Gasteiger partial charge in [0.15, 0.2) is 0 Å². The van der Waals surface area contributed by atoms with Gasteiger partial charge in [0.1, 0.15) is 10.7 Å². The number of hydrogen-bond donors (Lipinski definition) is 1. The smallest absolute Gasteiger partial charge is 0.269 e. The number of anilines is 2. The Morgan fingerprint density at radius 1 is 1.45 bits per heavy atom. The maximum absolute atomic E-state index is 12.1. The predicted octanol–water partition coefficient (Wildman–Crippen LogP) is 1.03. The molecule has 8 heteroatoms. The summed E-state index contributed by atoms with van der Waals surface area (Å²) in [5.41, 5.74) is 1.42. The van der Waals surface area contributed by atoms with Crippen LogP contribution in [0.2, 0.25) is 0 Å². The minimum Gasteiger partial charge on any atom is -0.374 e. The van der Waals surface area contributed by atoms with E-state index in [1.54, 1.807) is 12.3 Å². The zero-order valence-corrected chi connectivity index (χ0v) is 12.6. The molecular formula is C12H18N6OS. The lowest BCUT2D eigenvalue weighted by atomic mass is 10.4. The van der Waals surface area contributed by atoms with E-state index in [4.69, 9.17) is 0 Å². The SMILES string of the molecule is CCNc1snnc1Cn1ncc(N(C)CC)cc1=O. The van der Waals surface area contributed by atoms with E-state index in [-0.39, 0.29) is 5.56 Å². The van der Waals surface area contributed by atoms with Crippen LogP contribution in [0.25, 0.3) is 0 Å². The van der Waals surface area contributed by atoms with E-state index in [1.807, 2.05) is 25.8 Å². The Kier molecular flexibility index (Phi) is 4.67. The third kappa shape index (κ3) is 3.13. The lowest BCUT2D eigenvalue weighted by Gasteiger charge is -2.16. The van der Waals surface area contributed by atoms with Crippen molar-refractivity contribution < 1.29 is 0 Å². The van der Waals surface area contributed by atoms with E-state index < -0.39 is 0 Å². The normalized spacial score (nSPS) is 10.6. The number of aromatic nitrogens is 4. The summed E-state index contributed by atoms with van der Waals surface area (Å²) < 4.78 is 5.30. The van der Waals surface area contributed by atoms with Gasteiger partial charge in [-0.05, 0) is 13.8 Å². The topological polar surface area (TPSA) is 75.9 Å². The lowest BCUT2D eigenvalue weighted by Crippen LogP contribution is -2.26. The van der Waals surface area contributed by atoms with Crippen LogP contribution in [0, 0.1) is 0 Å². The van der Waals surface area contributed by atoms with Gasteiger partial charge in [0.05, 0.1) is 18.4 Å². The second-order valence-electron chi connectivity index (χ2n) is 4.30. The predicted molar refractivity (Wildman–Crippen MR) is 80.6 cm³/mol. The molecular weight excluding hydrogens is 276 g/mol. The van der Waals surface area contributed by atoms with Crippen molar-refractivity contribution >= 4 is 22.2 Å². The van der Waals surface area contributed by atoms with Gasteiger partial charge in [0.2, 0.25) is 0 Å². The minimum atomic E-state index is -0.141. The zero-order chi connectivity index (χ0) is 14.5. The summed E-state index contributed by atoms with van der Waals surface area (Å²) in [5, 5.41) is 12.3. The van der Waals surface area contributed by atoms with Gasteiger partial charge < -0.3 is 10.2 Å². The van der Waals surface area contributed by atoms with Crippen LogP contribution in [-0.4, -0.2) is 39.5 Å². The van der Waals surface area contributed by atoms with Gasteiger partial charge in [-0.3, -0.25) is 4.79 Å². The molecule has 0 fully saturated rings. The Hall–Kier alpha value is -1.96. The molecule has 0 spiro atoms. The second-order valence-corrected chi connectivity index (χ2v) is 5.06. The Morgan fingerprint density at radius 2 is 2.25 bits per heavy atom. The van der Waals surface area contributed by atoms with E-state index in [0.717, 1.165) is 29.5 Å². The molecule has 20 heavy (non-hydrogen) atoms. The van der Waals surface area contributed by atoms with Gasteiger partial charge in [0.25, 0.3) is 5.56 Å². The third-order valence-corrected chi connectivity index (χ3v) is 3.69. The van der Waals surface area contributed by atoms with Gasteiger partial charge in [0, 0.05) is 37.7 Å². The van der Waals surface area contributed by atoms with Crippen molar-refractivity contribution in [3.05, 3.63) is 28.3 Å². The van der Waals surface area contributed by atoms with Crippen molar-refractivity contribution in [3.8, 4) is 0 Å². The van der Waals surface area contributed by atoms with E-state index in [1.165, 1.54) is 16.2 Å².